The molecule has 0 aliphatic carbocycles. The van der Waals surface area contributed by atoms with Crippen LogP contribution in [0.5, 0.6) is 11.5 Å². The van der Waals surface area contributed by atoms with E-state index in [1.165, 1.54) is 37.4 Å². The molecule has 3 rings (SSSR count). The maximum absolute atomic E-state index is 13.1. The Hall–Kier alpha value is -3.67. The fourth-order valence-electron chi connectivity index (χ4n) is 3.63. The Bertz CT molecular complexity index is 995. The van der Waals surface area contributed by atoms with Gasteiger partial charge in [-0.2, -0.15) is 5.26 Å². The zero-order valence-corrected chi connectivity index (χ0v) is 17.0. The van der Waals surface area contributed by atoms with Crippen LogP contribution in [0.4, 0.5) is 10.1 Å². The zero-order chi connectivity index (χ0) is 22.4. The summed E-state index contributed by atoms with van der Waals surface area (Å²) in [6.45, 7) is 0.578. The van der Waals surface area contributed by atoms with E-state index in [4.69, 9.17) is 9.47 Å². The molecule has 1 aliphatic heterocycles. The molecule has 0 radical (unpaired) electrons. The number of nitro benzene ring substituents is 1. The Morgan fingerprint density at radius 3 is 2.48 bits per heavy atom. The second kappa shape index (κ2) is 9.43. The highest BCUT2D eigenvalue weighted by atomic mass is 19.1. The van der Waals surface area contributed by atoms with Gasteiger partial charge < -0.3 is 14.4 Å². The van der Waals surface area contributed by atoms with Crippen LogP contribution in [0, 0.1) is 32.7 Å². The quantitative estimate of drug-likeness (QED) is 0.495. The van der Waals surface area contributed by atoms with Gasteiger partial charge in [0.05, 0.1) is 29.6 Å². The molecule has 1 amide bonds. The number of nitro groups is 1. The van der Waals surface area contributed by atoms with Crippen molar-refractivity contribution in [2.45, 2.75) is 19.3 Å². The lowest BCUT2D eigenvalue weighted by atomic mass is 9.75. The molecule has 0 unspecified atom stereocenters. The molecule has 0 spiro atoms. The number of piperidine rings is 1. The van der Waals surface area contributed by atoms with Gasteiger partial charge in [0.25, 0.3) is 11.6 Å². The summed E-state index contributed by atoms with van der Waals surface area (Å²) < 4.78 is 23.8. The van der Waals surface area contributed by atoms with E-state index in [-0.39, 0.29) is 35.5 Å². The van der Waals surface area contributed by atoms with Crippen molar-refractivity contribution in [3.05, 3.63) is 64.0 Å². The lowest BCUT2D eigenvalue weighted by molar-refractivity contribution is -0.384. The Balaban J connectivity index is 1.57. The predicted octanol–water partition coefficient (Wildman–Crippen LogP) is 3.50. The van der Waals surface area contributed by atoms with Crippen LogP contribution in [-0.4, -0.2) is 42.5 Å². The van der Waals surface area contributed by atoms with Crippen LogP contribution in [0.3, 0.4) is 0 Å². The fraction of sp³-hybridized carbons (Fsp3) is 0.364. The van der Waals surface area contributed by atoms with Crippen LogP contribution in [0.1, 0.15) is 18.4 Å². The molecule has 8 nitrogen and oxygen atoms in total. The first-order chi connectivity index (χ1) is 14.9. The van der Waals surface area contributed by atoms with Crippen LogP contribution in [0.2, 0.25) is 0 Å². The lowest BCUT2D eigenvalue weighted by Crippen LogP contribution is -2.45. The number of carbonyl (C=O) groups excluding carboxylic acids is 1. The second-order valence-corrected chi connectivity index (χ2v) is 7.46. The summed E-state index contributed by atoms with van der Waals surface area (Å²) in [5.74, 6) is -0.155. The molecule has 0 atom stereocenters. The van der Waals surface area contributed by atoms with Gasteiger partial charge in [-0.3, -0.25) is 14.9 Å². The molecule has 1 saturated heterocycles. The summed E-state index contributed by atoms with van der Waals surface area (Å²) in [5.41, 5.74) is 0.147. The minimum Gasteiger partial charge on any atom is -0.493 e. The van der Waals surface area contributed by atoms with Crippen molar-refractivity contribution in [2.75, 3.05) is 26.8 Å². The Morgan fingerprint density at radius 2 is 1.90 bits per heavy atom. The SMILES string of the molecule is COc1cc([N+](=O)[O-])ccc1OCC(=O)N1CCC(C#N)(Cc2ccc(F)cc2)CC1. The Morgan fingerprint density at radius 1 is 1.23 bits per heavy atom. The van der Waals surface area contributed by atoms with Crippen LogP contribution in [0.25, 0.3) is 0 Å². The molecule has 2 aromatic rings. The van der Waals surface area contributed by atoms with Gasteiger partial charge >= 0.3 is 0 Å². The number of hydrogen-bond donors (Lipinski definition) is 0. The van der Waals surface area contributed by atoms with Gasteiger partial charge in [-0.05, 0) is 43.0 Å². The molecular formula is C22H22FN3O5. The van der Waals surface area contributed by atoms with E-state index in [1.54, 1.807) is 17.0 Å². The van der Waals surface area contributed by atoms with Gasteiger partial charge in [0.1, 0.15) is 5.82 Å². The normalized spacial score (nSPS) is 15.1. The van der Waals surface area contributed by atoms with Crippen molar-refractivity contribution < 1.29 is 23.6 Å². The fourth-order valence-corrected chi connectivity index (χ4v) is 3.63. The smallest absolute Gasteiger partial charge is 0.273 e. The first-order valence-electron chi connectivity index (χ1n) is 9.74. The molecule has 1 heterocycles. The predicted molar refractivity (Wildman–Crippen MR) is 109 cm³/mol. The summed E-state index contributed by atoms with van der Waals surface area (Å²) in [5, 5.41) is 20.6. The minimum atomic E-state index is -0.600. The van der Waals surface area contributed by atoms with E-state index in [1.807, 2.05) is 0 Å². The van der Waals surface area contributed by atoms with E-state index in [2.05, 4.69) is 6.07 Å². The summed E-state index contributed by atoms with van der Waals surface area (Å²) in [4.78, 5) is 24.5. The number of amides is 1. The maximum Gasteiger partial charge on any atom is 0.273 e. The number of ether oxygens (including phenoxy) is 2. The molecule has 0 N–H and O–H groups in total. The summed E-state index contributed by atoms with van der Waals surface area (Å²) >= 11 is 0. The van der Waals surface area contributed by atoms with Gasteiger partial charge in [0.2, 0.25) is 0 Å². The highest BCUT2D eigenvalue weighted by molar-refractivity contribution is 5.78. The third-order valence-corrected chi connectivity index (χ3v) is 5.48. The van der Waals surface area contributed by atoms with Gasteiger partial charge in [-0.25, -0.2) is 4.39 Å². The van der Waals surface area contributed by atoms with E-state index < -0.39 is 10.3 Å². The van der Waals surface area contributed by atoms with E-state index in [0.29, 0.717) is 32.4 Å². The molecule has 1 fully saturated rings. The van der Waals surface area contributed by atoms with Crippen LogP contribution in [0.15, 0.2) is 42.5 Å². The molecule has 0 saturated carbocycles. The Labute approximate surface area is 178 Å². The van der Waals surface area contributed by atoms with E-state index in [0.717, 1.165) is 5.56 Å². The number of rotatable bonds is 7. The van der Waals surface area contributed by atoms with Crippen LogP contribution < -0.4 is 9.47 Å². The second-order valence-electron chi connectivity index (χ2n) is 7.46. The number of nitriles is 1. The topological polar surface area (TPSA) is 106 Å². The number of hydrogen-bond acceptors (Lipinski definition) is 6. The number of benzene rings is 2. The summed E-state index contributed by atoms with van der Waals surface area (Å²) in [6, 6.07) is 12.4. The number of methoxy groups -OCH3 is 1. The average Bonchev–Trinajstić information content (AvgIpc) is 2.79. The third-order valence-electron chi connectivity index (χ3n) is 5.48. The first kappa shape index (κ1) is 22.0. The van der Waals surface area contributed by atoms with Crippen molar-refractivity contribution in [3.63, 3.8) is 0 Å². The highest BCUT2D eigenvalue weighted by Crippen LogP contribution is 2.35. The average molecular weight is 427 g/mol. The van der Waals surface area contributed by atoms with Crippen LogP contribution >= 0.6 is 0 Å². The van der Waals surface area contributed by atoms with Gasteiger partial charge in [-0.1, -0.05) is 12.1 Å². The summed E-state index contributed by atoms with van der Waals surface area (Å²) in [7, 11) is 1.36. The van der Waals surface area contributed by atoms with Crippen molar-refractivity contribution in [1.82, 2.24) is 4.90 Å². The third kappa shape index (κ3) is 5.28. The summed E-state index contributed by atoms with van der Waals surface area (Å²) in [6.07, 6.45) is 1.52. The van der Waals surface area contributed by atoms with Gasteiger partial charge in [-0.15, -0.1) is 0 Å². The standard InChI is InChI=1S/C22H22FN3O5/c1-30-20-12-18(26(28)29)6-7-19(20)31-14-21(27)25-10-8-22(15-24,9-11-25)13-16-2-4-17(23)5-3-16/h2-7,12H,8-11,13-14H2,1H3. The molecule has 0 aromatic heterocycles. The maximum atomic E-state index is 13.1. The van der Waals surface area contributed by atoms with E-state index in [9.17, 15) is 24.6 Å². The molecule has 1 aliphatic rings. The zero-order valence-electron chi connectivity index (χ0n) is 17.0. The largest absolute Gasteiger partial charge is 0.493 e. The van der Waals surface area contributed by atoms with Gasteiger partial charge in [0, 0.05) is 19.2 Å². The van der Waals surface area contributed by atoms with Crippen LogP contribution in [-0.2, 0) is 11.2 Å². The van der Waals surface area contributed by atoms with Crippen molar-refractivity contribution in [2.24, 2.45) is 5.41 Å². The number of likely N-dealkylation sites (tertiary alicyclic amines) is 1. The van der Waals surface area contributed by atoms with Crippen molar-refractivity contribution >= 4 is 11.6 Å². The van der Waals surface area contributed by atoms with Crippen molar-refractivity contribution in [3.8, 4) is 17.6 Å². The molecule has 162 valence electrons. The van der Waals surface area contributed by atoms with E-state index >= 15 is 0 Å². The molecule has 31 heavy (non-hydrogen) atoms. The minimum absolute atomic E-state index is 0.138. The molecule has 9 heteroatoms. The molecule has 2 aromatic carbocycles. The molecular weight excluding hydrogens is 405 g/mol. The molecule has 0 bridgehead atoms. The number of halogens is 1. The number of carbonyl (C=O) groups is 1. The van der Waals surface area contributed by atoms with Gasteiger partial charge in [0.15, 0.2) is 18.1 Å². The Kier molecular flexibility index (Phi) is 6.70. The lowest BCUT2D eigenvalue weighted by Gasteiger charge is -2.37. The number of nitrogens with zero attached hydrogens (tertiary/aromatic N) is 3. The number of non-ortho nitro benzene ring substituents is 1. The monoisotopic (exact) mass is 427 g/mol. The first-order valence-corrected chi connectivity index (χ1v) is 9.74. The van der Waals surface area contributed by atoms with Crippen molar-refractivity contribution in [1.29, 1.82) is 5.26 Å². The highest BCUT2D eigenvalue weighted by Gasteiger charge is 2.36.